The maximum absolute atomic E-state index is 12.3. The fourth-order valence-electron chi connectivity index (χ4n) is 2.58. The Balaban J connectivity index is 1.95. The lowest BCUT2D eigenvalue weighted by molar-refractivity contribution is 0.0977. The third kappa shape index (κ3) is 5.46. The van der Waals surface area contributed by atoms with Crippen molar-refractivity contribution >= 4 is 34.6 Å². The van der Waals surface area contributed by atoms with Gasteiger partial charge < -0.3 is 15.0 Å². The molecule has 0 aliphatic rings. The van der Waals surface area contributed by atoms with Crippen molar-refractivity contribution in [1.29, 1.82) is 0 Å². The predicted molar refractivity (Wildman–Crippen MR) is 111 cm³/mol. The first-order valence-corrected chi connectivity index (χ1v) is 9.18. The molecule has 2 rings (SSSR count). The van der Waals surface area contributed by atoms with Gasteiger partial charge in [-0.3, -0.25) is 10.1 Å². The lowest BCUT2D eigenvalue weighted by Crippen LogP contribution is -2.34. The van der Waals surface area contributed by atoms with E-state index in [1.54, 1.807) is 18.2 Å². The Kier molecular flexibility index (Phi) is 7.41. The minimum atomic E-state index is -0.274. The van der Waals surface area contributed by atoms with Crippen LogP contribution >= 0.6 is 12.2 Å². The van der Waals surface area contributed by atoms with E-state index in [-0.39, 0.29) is 11.0 Å². The third-order valence-electron chi connectivity index (χ3n) is 3.89. The van der Waals surface area contributed by atoms with Crippen LogP contribution in [0.5, 0.6) is 5.75 Å². The number of rotatable bonds is 7. The Morgan fingerprint density at radius 1 is 1.08 bits per heavy atom. The van der Waals surface area contributed by atoms with Crippen LogP contribution < -0.4 is 20.3 Å². The van der Waals surface area contributed by atoms with E-state index >= 15 is 0 Å². The fourth-order valence-corrected chi connectivity index (χ4v) is 2.79. The smallest absolute Gasteiger partial charge is 0.257 e. The summed E-state index contributed by atoms with van der Waals surface area (Å²) in [4.78, 5) is 14.6. The van der Waals surface area contributed by atoms with Gasteiger partial charge in [0.2, 0.25) is 0 Å². The summed E-state index contributed by atoms with van der Waals surface area (Å²) in [5.41, 5.74) is 2.48. The van der Waals surface area contributed by atoms with Gasteiger partial charge >= 0.3 is 0 Å². The average Bonchev–Trinajstić information content (AvgIpc) is 2.64. The molecule has 0 heterocycles. The maximum atomic E-state index is 12.3. The van der Waals surface area contributed by atoms with Crippen LogP contribution in [-0.4, -0.2) is 30.7 Å². The second-order valence-corrected chi connectivity index (χ2v) is 6.00. The number of nitrogens with zero attached hydrogens (tertiary/aromatic N) is 1. The molecule has 1 amide bonds. The minimum Gasteiger partial charge on any atom is -0.494 e. The highest BCUT2D eigenvalue weighted by atomic mass is 32.1. The molecule has 6 heteroatoms. The molecular formula is C20H25N3O2S. The molecule has 0 unspecified atom stereocenters. The van der Waals surface area contributed by atoms with Crippen LogP contribution in [0.2, 0.25) is 0 Å². The quantitative estimate of drug-likeness (QED) is 0.719. The third-order valence-corrected chi connectivity index (χ3v) is 4.09. The van der Waals surface area contributed by atoms with Crippen molar-refractivity contribution in [2.24, 2.45) is 0 Å². The Bertz CT molecular complexity index is 743. The van der Waals surface area contributed by atoms with E-state index in [4.69, 9.17) is 17.0 Å². The molecule has 0 atom stereocenters. The van der Waals surface area contributed by atoms with Crippen LogP contribution in [0.1, 0.15) is 31.1 Å². The van der Waals surface area contributed by atoms with E-state index in [2.05, 4.69) is 29.4 Å². The number of hydrogen-bond donors (Lipinski definition) is 2. The average molecular weight is 372 g/mol. The highest BCUT2D eigenvalue weighted by molar-refractivity contribution is 7.80. The van der Waals surface area contributed by atoms with E-state index in [9.17, 15) is 4.79 Å². The van der Waals surface area contributed by atoms with Crippen LogP contribution in [-0.2, 0) is 0 Å². The molecule has 0 saturated heterocycles. The number of amides is 1. The molecule has 0 bridgehead atoms. The fraction of sp³-hybridized carbons (Fsp3) is 0.300. The summed E-state index contributed by atoms with van der Waals surface area (Å²) in [5, 5.41) is 5.98. The number of carbonyl (C=O) groups excluding carboxylic acids is 1. The van der Waals surface area contributed by atoms with Crippen LogP contribution in [0.3, 0.4) is 0 Å². The summed E-state index contributed by atoms with van der Waals surface area (Å²) in [5.74, 6) is 0.384. The van der Waals surface area contributed by atoms with Gasteiger partial charge in [0.1, 0.15) is 5.75 Å². The molecule has 0 aliphatic heterocycles. The second-order valence-electron chi connectivity index (χ2n) is 5.59. The van der Waals surface area contributed by atoms with Gasteiger partial charge in [0.05, 0.1) is 6.61 Å². The van der Waals surface area contributed by atoms with E-state index in [0.29, 0.717) is 17.9 Å². The van der Waals surface area contributed by atoms with Gasteiger partial charge in [-0.1, -0.05) is 6.07 Å². The van der Waals surface area contributed by atoms with Gasteiger partial charge in [-0.15, -0.1) is 0 Å². The number of carbonyl (C=O) groups is 1. The summed E-state index contributed by atoms with van der Waals surface area (Å²) in [7, 11) is 0. The Morgan fingerprint density at radius 2 is 1.77 bits per heavy atom. The van der Waals surface area contributed by atoms with E-state index in [0.717, 1.165) is 24.5 Å². The van der Waals surface area contributed by atoms with E-state index in [1.165, 1.54) is 0 Å². The number of ether oxygens (including phenoxy) is 1. The monoisotopic (exact) mass is 371 g/mol. The first-order chi connectivity index (χ1) is 12.6. The molecule has 2 aromatic carbocycles. The van der Waals surface area contributed by atoms with Crippen LogP contribution in [0.25, 0.3) is 0 Å². The molecular weight excluding hydrogens is 346 g/mol. The van der Waals surface area contributed by atoms with Crippen molar-refractivity contribution in [3.63, 3.8) is 0 Å². The summed E-state index contributed by atoms with van der Waals surface area (Å²) >= 11 is 5.24. The van der Waals surface area contributed by atoms with Crippen molar-refractivity contribution in [3.8, 4) is 5.75 Å². The Hall–Kier alpha value is -2.60. The molecule has 0 radical (unpaired) electrons. The van der Waals surface area contributed by atoms with E-state index in [1.807, 2.05) is 37.3 Å². The van der Waals surface area contributed by atoms with Crippen molar-refractivity contribution in [2.75, 3.05) is 29.9 Å². The van der Waals surface area contributed by atoms with Crippen molar-refractivity contribution in [2.45, 2.75) is 20.8 Å². The normalized spacial score (nSPS) is 10.1. The van der Waals surface area contributed by atoms with Gasteiger partial charge in [0, 0.05) is 30.0 Å². The molecule has 5 nitrogen and oxygen atoms in total. The molecule has 0 aliphatic carbocycles. The summed E-state index contributed by atoms with van der Waals surface area (Å²) in [6.45, 7) is 8.62. The van der Waals surface area contributed by atoms with Gasteiger partial charge in [-0.05, 0) is 75.5 Å². The molecule has 26 heavy (non-hydrogen) atoms. The Labute approximate surface area is 160 Å². The van der Waals surface area contributed by atoms with Gasteiger partial charge in [-0.25, -0.2) is 0 Å². The largest absolute Gasteiger partial charge is 0.494 e. The zero-order chi connectivity index (χ0) is 18.9. The molecule has 0 saturated carbocycles. The number of benzene rings is 2. The maximum Gasteiger partial charge on any atom is 0.257 e. The summed E-state index contributed by atoms with van der Waals surface area (Å²) in [6, 6.07) is 15.0. The van der Waals surface area contributed by atoms with Crippen LogP contribution in [0.15, 0.2) is 48.5 Å². The molecule has 0 fully saturated rings. The number of anilines is 2. The predicted octanol–water partition coefficient (Wildman–Crippen LogP) is 4.06. The number of hydrogen-bond acceptors (Lipinski definition) is 4. The van der Waals surface area contributed by atoms with Crippen molar-refractivity contribution < 1.29 is 9.53 Å². The van der Waals surface area contributed by atoms with Gasteiger partial charge in [0.15, 0.2) is 5.11 Å². The van der Waals surface area contributed by atoms with Gasteiger partial charge in [-0.2, -0.15) is 0 Å². The molecule has 138 valence electrons. The summed E-state index contributed by atoms with van der Waals surface area (Å²) < 4.78 is 5.41. The number of thiocarbonyl (C=S) groups is 1. The lowest BCUT2D eigenvalue weighted by atomic mass is 10.2. The molecule has 0 spiro atoms. The Morgan fingerprint density at radius 3 is 2.38 bits per heavy atom. The topological polar surface area (TPSA) is 53.6 Å². The standard InChI is InChI=1S/C20H25N3O2S/c1-4-23(5-2)17-12-10-16(11-13-17)21-20(26)22-19(24)15-8-7-9-18(14-15)25-6-3/h7-14H,4-6H2,1-3H3,(H2,21,22,24,26). The first-order valence-electron chi connectivity index (χ1n) is 8.77. The SMILES string of the molecule is CCOc1cccc(C(=O)NC(=S)Nc2ccc(N(CC)CC)cc2)c1. The van der Waals surface area contributed by atoms with Crippen molar-refractivity contribution in [3.05, 3.63) is 54.1 Å². The molecule has 0 aromatic heterocycles. The highest BCUT2D eigenvalue weighted by Gasteiger charge is 2.09. The molecule has 2 aromatic rings. The summed E-state index contributed by atoms with van der Waals surface area (Å²) in [6.07, 6.45) is 0. The van der Waals surface area contributed by atoms with Crippen LogP contribution in [0.4, 0.5) is 11.4 Å². The minimum absolute atomic E-state index is 0.257. The lowest BCUT2D eigenvalue weighted by Gasteiger charge is -2.21. The van der Waals surface area contributed by atoms with Crippen LogP contribution in [0, 0.1) is 0 Å². The van der Waals surface area contributed by atoms with Gasteiger partial charge in [0.25, 0.3) is 5.91 Å². The number of nitrogens with one attached hydrogen (secondary N) is 2. The van der Waals surface area contributed by atoms with Crippen molar-refractivity contribution in [1.82, 2.24) is 5.32 Å². The second kappa shape index (κ2) is 9.77. The highest BCUT2D eigenvalue weighted by Crippen LogP contribution is 2.18. The zero-order valence-corrected chi connectivity index (χ0v) is 16.2. The molecule has 2 N–H and O–H groups in total. The first kappa shape index (κ1) is 19.7. The zero-order valence-electron chi connectivity index (χ0n) is 15.4. The van der Waals surface area contributed by atoms with E-state index < -0.39 is 0 Å².